The Labute approximate surface area is 80.7 Å². The monoisotopic (exact) mass is 203 g/mol. The summed E-state index contributed by atoms with van der Waals surface area (Å²) in [4.78, 5) is 0. The first-order valence-electron chi connectivity index (χ1n) is 4.64. The molecule has 1 aliphatic heterocycles. The molecule has 13 heavy (non-hydrogen) atoms. The van der Waals surface area contributed by atoms with Crippen molar-refractivity contribution in [3.05, 3.63) is 0 Å². The van der Waals surface area contributed by atoms with Crippen molar-refractivity contribution in [2.45, 2.75) is 38.6 Å². The molecule has 1 heterocycles. The van der Waals surface area contributed by atoms with E-state index >= 15 is 0 Å². The Bertz CT molecular complexity index is 200. The smallest absolute Gasteiger partial charge is 0.328 e. The molecule has 0 aliphatic carbocycles. The Morgan fingerprint density at radius 1 is 1.62 bits per heavy atom. The Kier molecular flexibility index (Phi) is 3.35. The second-order valence-corrected chi connectivity index (χ2v) is 4.80. The van der Waals surface area contributed by atoms with E-state index in [0.29, 0.717) is 12.7 Å². The van der Waals surface area contributed by atoms with Crippen LogP contribution in [0.3, 0.4) is 0 Å². The maximum Gasteiger partial charge on any atom is 0.328 e. The summed E-state index contributed by atoms with van der Waals surface area (Å²) in [6.45, 7) is 5.97. The lowest BCUT2D eigenvalue weighted by Crippen LogP contribution is -2.49. The number of alkyl halides is 1. The van der Waals surface area contributed by atoms with Crippen molar-refractivity contribution in [1.82, 2.24) is 0 Å². The number of hydrogen-bond donors (Lipinski definition) is 0. The van der Waals surface area contributed by atoms with Crippen molar-refractivity contribution in [3.8, 4) is 0 Å². The van der Waals surface area contributed by atoms with E-state index in [1.165, 1.54) is 0 Å². The summed E-state index contributed by atoms with van der Waals surface area (Å²) in [5, 5.41) is 0. The second kappa shape index (κ2) is 3.96. The van der Waals surface area contributed by atoms with Gasteiger partial charge in [-0.05, 0) is 6.92 Å². The molecule has 0 saturated carbocycles. The van der Waals surface area contributed by atoms with Crippen molar-refractivity contribution in [2.75, 3.05) is 6.61 Å². The highest BCUT2D eigenvalue weighted by Crippen LogP contribution is 2.37. The third-order valence-corrected chi connectivity index (χ3v) is 3.93. The molecule has 4 atom stereocenters. The first kappa shape index (κ1) is 11.0. The van der Waals surface area contributed by atoms with Crippen LogP contribution in [0.25, 0.3) is 0 Å². The van der Waals surface area contributed by atoms with Crippen LogP contribution in [0.4, 0.5) is 4.39 Å². The molecule has 75 valence electrons. The lowest BCUT2D eigenvalue weighted by atomic mass is 9.80. The van der Waals surface area contributed by atoms with Gasteiger partial charge in [0.2, 0.25) is 0 Å². The molecule has 2 nitrogen and oxygen atoms in total. The van der Waals surface area contributed by atoms with Gasteiger partial charge >= 0.3 is 9.41 Å². The normalized spacial score (nSPS) is 46.0. The molecule has 1 radical (unpaired) electrons. The fourth-order valence-corrected chi connectivity index (χ4v) is 2.44. The molecule has 1 saturated heterocycles. The number of rotatable bonds is 2. The van der Waals surface area contributed by atoms with Gasteiger partial charge in [-0.2, -0.15) is 0 Å². The van der Waals surface area contributed by atoms with Crippen molar-refractivity contribution in [3.63, 3.8) is 0 Å². The van der Waals surface area contributed by atoms with E-state index in [1.54, 1.807) is 0 Å². The molecule has 0 N–H and O–H groups in total. The van der Waals surface area contributed by atoms with Gasteiger partial charge in [0.1, 0.15) is 6.17 Å². The predicted molar refractivity (Wildman–Crippen MR) is 48.8 cm³/mol. The standard InChI is InChI=1S/C9H16FO2Si/c1-6-4-12-9(3,5-13-11)7(2)8(6)10/h6-8H,4-5H2,1-3H3/t6-,7+,8+,9-/m1/s1. The van der Waals surface area contributed by atoms with Gasteiger partial charge in [-0.25, -0.2) is 4.39 Å². The summed E-state index contributed by atoms with van der Waals surface area (Å²) in [5.74, 6) is -0.212. The Hall–Kier alpha value is -0.0931. The molecule has 1 aliphatic rings. The van der Waals surface area contributed by atoms with Crippen molar-refractivity contribution < 1.29 is 13.6 Å². The molecular weight excluding hydrogens is 187 g/mol. The molecule has 0 aromatic heterocycles. The van der Waals surface area contributed by atoms with Gasteiger partial charge in [0.05, 0.1) is 12.2 Å². The average Bonchev–Trinajstić information content (AvgIpc) is 2.10. The molecule has 0 aromatic carbocycles. The van der Waals surface area contributed by atoms with Gasteiger partial charge in [-0.3, -0.25) is 0 Å². The minimum atomic E-state index is -0.838. The summed E-state index contributed by atoms with van der Waals surface area (Å²) in [6, 6.07) is 0.432. The molecule has 0 unspecified atom stereocenters. The molecule has 1 fully saturated rings. The zero-order valence-electron chi connectivity index (χ0n) is 8.34. The van der Waals surface area contributed by atoms with Crippen molar-refractivity contribution in [2.24, 2.45) is 11.8 Å². The Morgan fingerprint density at radius 3 is 2.77 bits per heavy atom. The summed E-state index contributed by atoms with van der Waals surface area (Å²) in [6.07, 6.45) is -0.838. The summed E-state index contributed by atoms with van der Waals surface area (Å²) < 4.78 is 29.7. The van der Waals surface area contributed by atoms with Crippen LogP contribution in [0.1, 0.15) is 20.8 Å². The third kappa shape index (κ3) is 2.04. The molecular formula is C9H16FO2Si. The van der Waals surface area contributed by atoms with Crippen LogP contribution >= 0.6 is 0 Å². The number of ether oxygens (including phenoxy) is 1. The lowest BCUT2D eigenvalue weighted by Gasteiger charge is -2.43. The van der Waals surface area contributed by atoms with E-state index in [9.17, 15) is 8.85 Å². The zero-order valence-corrected chi connectivity index (χ0v) is 9.34. The number of hydrogen-bond acceptors (Lipinski definition) is 2. The molecule has 0 aromatic rings. The molecule has 0 bridgehead atoms. The fourth-order valence-electron chi connectivity index (χ4n) is 1.73. The maximum absolute atomic E-state index is 13.6. The van der Waals surface area contributed by atoms with E-state index in [0.717, 1.165) is 0 Å². The fraction of sp³-hybridized carbons (Fsp3) is 1.00. The molecule has 4 heteroatoms. The van der Waals surface area contributed by atoms with E-state index in [4.69, 9.17) is 4.74 Å². The summed E-state index contributed by atoms with van der Waals surface area (Å²) in [5.41, 5.74) is -0.536. The quantitative estimate of drug-likeness (QED) is 0.640. The van der Waals surface area contributed by atoms with E-state index < -0.39 is 21.2 Å². The van der Waals surface area contributed by atoms with Crippen LogP contribution in [0, 0.1) is 11.8 Å². The van der Waals surface area contributed by atoms with Gasteiger partial charge < -0.3 is 9.20 Å². The largest absolute Gasteiger partial charge is 0.385 e. The van der Waals surface area contributed by atoms with Crippen LogP contribution < -0.4 is 0 Å². The first-order chi connectivity index (χ1) is 6.01. The van der Waals surface area contributed by atoms with E-state index in [2.05, 4.69) is 0 Å². The second-order valence-electron chi connectivity index (χ2n) is 4.16. The predicted octanol–water partition coefficient (Wildman–Crippen LogP) is 1.85. The number of halogens is 1. The van der Waals surface area contributed by atoms with Crippen LogP contribution in [-0.2, 0) is 9.20 Å². The Morgan fingerprint density at radius 2 is 2.23 bits per heavy atom. The molecule has 0 spiro atoms. The van der Waals surface area contributed by atoms with E-state index in [1.807, 2.05) is 20.8 Å². The highest BCUT2D eigenvalue weighted by Gasteiger charge is 2.43. The van der Waals surface area contributed by atoms with Crippen LogP contribution in [0.5, 0.6) is 0 Å². The van der Waals surface area contributed by atoms with Crippen LogP contribution in [-0.4, -0.2) is 27.8 Å². The van der Waals surface area contributed by atoms with Crippen LogP contribution in [0.15, 0.2) is 0 Å². The maximum atomic E-state index is 13.6. The first-order valence-corrected chi connectivity index (χ1v) is 5.76. The van der Waals surface area contributed by atoms with Gasteiger partial charge in [0.25, 0.3) is 0 Å². The molecule has 1 rings (SSSR count). The van der Waals surface area contributed by atoms with E-state index in [-0.39, 0.29) is 11.8 Å². The average molecular weight is 203 g/mol. The summed E-state index contributed by atoms with van der Waals surface area (Å²) >= 11 is 0. The molecule has 0 amide bonds. The van der Waals surface area contributed by atoms with Gasteiger partial charge in [-0.1, -0.05) is 13.8 Å². The Balaban J connectivity index is 2.72. The summed E-state index contributed by atoms with van der Waals surface area (Å²) in [7, 11) is -0.414. The van der Waals surface area contributed by atoms with Gasteiger partial charge in [-0.15, -0.1) is 0 Å². The highest BCUT2D eigenvalue weighted by molar-refractivity contribution is 6.17. The lowest BCUT2D eigenvalue weighted by molar-refractivity contribution is -0.143. The van der Waals surface area contributed by atoms with Crippen molar-refractivity contribution >= 4 is 9.41 Å². The third-order valence-electron chi connectivity index (χ3n) is 3.08. The topological polar surface area (TPSA) is 26.3 Å². The minimum absolute atomic E-state index is 0.0435. The van der Waals surface area contributed by atoms with Crippen LogP contribution in [0.2, 0.25) is 6.04 Å². The van der Waals surface area contributed by atoms with Gasteiger partial charge in [0.15, 0.2) is 0 Å². The zero-order chi connectivity index (χ0) is 10.1. The highest BCUT2D eigenvalue weighted by atomic mass is 28.2. The van der Waals surface area contributed by atoms with Gasteiger partial charge in [0, 0.05) is 17.9 Å². The van der Waals surface area contributed by atoms with Crippen molar-refractivity contribution in [1.29, 1.82) is 0 Å². The SMILES string of the molecule is C[C@@H]1CO[C@](C)(C[Si]=O)[C@@H](C)[C@H]1F. The minimum Gasteiger partial charge on any atom is -0.385 e.